The van der Waals surface area contributed by atoms with Gasteiger partial charge in [0.05, 0.1) is 5.69 Å². The molecule has 7 nitrogen and oxygen atoms in total. The normalized spacial score (nSPS) is 18.5. The fourth-order valence-corrected chi connectivity index (χ4v) is 4.48. The molecule has 152 valence electrons. The third kappa shape index (κ3) is 3.07. The molecule has 30 heavy (non-hydrogen) atoms. The number of aromatic hydroxyl groups is 1. The number of hydrogen-bond donors (Lipinski definition) is 1. The van der Waals surface area contributed by atoms with Crippen LogP contribution in [0.2, 0.25) is 0 Å². The topological polar surface area (TPSA) is 85.3 Å². The van der Waals surface area contributed by atoms with E-state index in [0.29, 0.717) is 12.0 Å². The first-order valence-corrected chi connectivity index (χ1v) is 10.1. The van der Waals surface area contributed by atoms with Crippen molar-refractivity contribution in [1.82, 2.24) is 24.4 Å². The zero-order valence-corrected chi connectivity index (χ0v) is 17.0. The van der Waals surface area contributed by atoms with Crippen molar-refractivity contribution in [2.45, 2.75) is 39.5 Å². The number of aryl methyl sites for hydroxylation is 2. The maximum absolute atomic E-state index is 13.0. The van der Waals surface area contributed by atoms with E-state index in [4.69, 9.17) is 5.10 Å². The van der Waals surface area contributed by atoms with Crippen LogP contribution in [0, 0.1) is 12.3 Å². The van der Waals surface area contributed by atoms with Crippen molar-refractivity contribution in [3.63, 3.8) is 0 Å². The summed E-state index contributed by atoms with van der Waals surface area (Å²) < 4.78 is 3.63. The molecule has 0 saturated heterocycles. The molecule has 3 heterocycles. The zero-order chi connectivity index (χ0) is 20.9. The van der Waals surface area contributed by atoms with E-state index in [1.165, 1.54) is 0 Å². The Morgan fingerprint density at radius 2 is 1.87 bits per heavy atom. The molecule has 0 aliphatic heterocycles. The van der Waals surface area contributed by atoms with E-state index < -0.39 is 0 Å². The third-order valence-corrected chi connectivity index (χ3v) is 6.19. The van der Waals surface area contributed by atoms with Gasteiger partial charge in [0.25, 0.3) is 0 Å². The minimum absolute atomic E-state index is 0.133. The van der Waals surface area contributed by atoms with Crippen molar-refractivity contribution >= 4 is 11.3 Å². The molecule has 0 saturated carbocycles. The van der Waals surface area contributed by atoms with Crippen LogP contribution in [0.15, 0.2) is 49.1 Å². The summed E-state index contributed by atoms with van der Waals surface area (Å²) in [6.07, 6.45) is 6.16. The van der Waals surface area contributed by atoms with Crippen molar-refractivity contribution < 1.29 is 9.90 Å². The van der Waals surface area contributed by atoms with Crippen LogP contribution in [0.3, 0.4) is 0 Å². The van der Waals surface area contributed by atoms with Crippen LogP contribution in [0.1, 0.15) is 47.1 Å². The highest BCUT2D eigenvalue weighted by atomic mass is 16.3. The molecular weight excluding hydrogens is 378 g/mol. The number of carbonyl (C=O) groups excluding carboxylic acids is 1. The quantitative estimate of drug-likeness (QED) is 0.527. The number of benzene rings is 1. The van der Waals surface area contributed by atoms with Crippen molar-refractivity contribution in [1.29, 1.82) is 0 Å². The second-order valence-corrected chi connectivity index (χ2v) is 8.55. The molecule has 0 spiro atoms. The maximum atomic E-state index is 13.0. The van der Waals surface area contributed by atoms with Gasteiger partial charge in [-0.25, -0.2) is 4.52 Å². The van der Waals surface area contributed by atoms with Gasteiger partial charge in [0.1, 0.15) is 23.9 Å². The van der Waals surface area contributed by atoms with Crippen LogP contribution < -0.4 is 0 Å². The lowest BCUT2D eigenvalue weighted by Gasteiger charge is -2.32. The average Bonchev–Trinajstić information content (AvgIpc) is 3.39. The van der Waals surface area contributed by atoms with Gasteiger partial charge in [0.2, 0.25) is 0 Å². The molecule has 0 amide bonds. The molecule has 3 aromatic heterocycles. The van der Waals surface area contributed by atoms with Gasteiger partial charge in [-0.3, -0.25) is 9.36 Å². The lowest BCUT2D eigenvalue weighted by molar-refractivity contribution is 0.0909. The number of hydrogen-bond acceptors (Lipinski definition) is 5. The molecule has 1 aliphatic carbocycles. The van der Waals surface area contributed by atoms with Gasteiger partial charge in [-0.1, -0.05) is 6.92 Å². The van der Waals surface area contributed by atoms with Crippen LogP contribution in [-0.2, 0) is 12.8 Å². The highest BCUT2D eigenvalue weighted by Gasteiger charge is 2.35. The third-order valence-electron chi connectivity index (χ3n) is 6.19. The second kappa shape index (κ2) is 6.79. The highest BCUT2D eigenvalue weighted by molar-refractivity contribution is 5.96. The molecule has 1 unspecified atom stereocenters. The Morgan fingerprint density at radius 1 is 1.13 bits per heavy atom. The molecular formula is C23H23N5O2. The van der Waals surface area contributed by atoms with E-state index in [1.807, 2.05) is 41.8 Å². The predicted molar refractivity (Wildman–Crippen MR) is 112 cm³/mol. The van der Waals surface area contributed by atoms with Gasteiger partial charge < -0.3 is 5.11 Å². The molecule has 1 N–H and O–H groups in total. The smallest absolute Gasteiger partial charge is 0.163 e. The van der Waals surface area contributed by atoms with Crippen LogP contribution in [0.4, 0.5) is 0 Å². The van der Waals surface area contributed by atoms with E-state index >= 15 is 0 Å². The van der Waals surface area contributed by atoms with Gasteiger partial charge >= 0.3 is 0 Å². The molecule has 1 aromatic carbocycles. The molecule has 0 bridgehead atoms. The number of ketones is 1. The first-order chi connectivity index (χ1) is 14.4. The number of Topliss-reactive ketones (excluding diaryl/α,β-unsaturated/α-hetero) is 1. The number of aromatic nitrogens is 5. The van der Waals surface area contributed by atoms with E-state index in [1.54, 1.807) is 23.3 Å². The molecule has 4 aromatic rings. The first kappa shape index (κ1) is 18.5. The van der Waals surface area contributed by atoms with Crippen molar-refractivity contribution in [2.75, 3.05) is 0 Å². The van der Waals surface area contributed by atoms with Gasteiger partial charge in [-0.15, -0.1) is 10.2 Å². The fourth-order valence-electron chi connectivity index (χ4n) is 4.48. The van der Waals surface area contributed by atoms with Crippen LogP contribution in [0.25, 0.3) is 11.2 Å². The summed E-state index contributed by atoms with van der Waals surface area (Å²) in [6.45, 7) is 4.15. The molecule has 1 atom stereocenters. The summed E-state index contributed by atoms with van der Waals surface area (Å²) in [6, 6.07) is 11.1. The number of pyridine rings is 1. The van der Waals surface area contributed by atoms with Crippen molar-refractivity contribution in [3.05, 3.63) is 71.6 Å². The Balaban J connectivity index is 1.39. The monoisotopic (exact) mass is 401 g/mol. The Hall–Kier alpha value is -3.48. The summed E-state index contributed by atoms with van der Waals surface area (Å²) in [5.74, 6) is 0.377. The van der Waals surface area contributed by atoms with Crippen LogP contribution in [-0.4, -0.2) is 35.3 Å². The van der Waals surface area contributed by atoms with E-state index in [2.05, 4.69) is 17.1 Å². The summed E-state index contributed by atoms with van der Waals surface area (Å²) in [5.41, 5.74) is 5.32. The maximum Gasteiger partial charge on any atom is 0.163 e. The van der Waals surface area contributed by atoms with Gasteiger partial charge in [0, 0.05) is 28.9 Å². The molecule has 1 aliphatic rings. The minimum Gasteiger partial charge on any atom is -0.506 e. The van der Waals surface area contributed by atoms with Gasteiger partial charge in [-0.2, -0.15) is 5.10 Å². The first-order valence-electron chi connectivity index (χ1n) is 10.1. The Kier molecular flexibility index (Phi) is 4.20. The van der Waals surface area contributed by atoms with E-state index in [-0.39, 0.29) is 16.9 Å². The average molecular weight is 401 g/mol. The number of nitrogens with zero attached hydrogens (tertiary/aromatic N) is 5. The zero-order valence-electron chi connectivity index (χ0n) is 17.0. The number of rotatable bonds is 4. The van der Waals surface area contributed by atoms with Gasteiger partial charge in [-0.05, 0) is 68.0 Å². The van der Waals surface area contributed by atoms with Gasteiger partial charge in [0.15, 0.2) is 5.78 Å². The summed E-state index contributed by atoms with van der Waals surface area (Å²) in [5, 5.41) is 22.8. The number of carbonyl (C=O) groups is 1. The second-order valence-electron chi connectivity index (χ2n) is 8.55. The summed E-state index contributed by atoms with van der Waals surface area (Å²) in [7, 11) is 0. The predicted octanol–water partition coefficient (Wildman–Crippen LogP) is 3.70. The Morgan fingerprint density at radius 3 is 2.60 bits per heavy atom. The van der Waals surface area contributed by atoms with E-state index in [9.17, 15) is 9.90 Å². The Bertz CT molecular complexity index is 1240. The summed E-state index contributed by atoms with van der Waals surface area (Å²) in [4.78, 5) is 13.0. The van der Waals surface area contributed by atoms with E-state index in [0.717, 1.165) is 47.4 Å². The lowest BCUT2D eigenvalue weighted by Crippen LogP contribution is -2.28. The van der Waals surface area contributed by atoms with Crippen LogP contribution in [0.5, 0.6) is 5.75 Å². The fraction of sp³-hybridized carbons (Fsp3) is 0.304. The SMILES string of the molecule is Cc1ccc(O)c2c3c(nn12)CCC(C)(CC(=O)c1ccc(-n2cnnc2)cc1)C3. The lowest BCUT2D eigenvalue weighted by atomic mass is 9.71. The largest absolute Gasteiger partial charge is 0.506 e. The molecule has 0 fully saturated rings. The molecule has 0 radical (unpaired) electrons. The molecule has 5 rings (SSSR count). The van der Waals surface area contributed by atoms with Crippen molar-refractivity contribution in [3.8, 4) is 11.4 Å². The molecule has 7 heteroatoms. The minimum atomic E-state index is -0.170. The summed E-state index contributed by atoms with van der Waals surface area (Å²) >= 11 is 0. The Labute approximate surface area is 174 Å². The number of fused-ring (bicyclic) bond motifs is 3. The highest BCUT2D eigenvalue weighted by Crippen LogP contribution is 2.42. The van der Waals surface area contributed by atoms with Crippen LogP contribution >= 0.6 is 0 Å². The van der Waals surface area contributed by atoms with Crippen molar-refractivity contribution in [2.24, 2.45) is 5.41 Å². The standard InChI is InChI=1S/C23H23N5O2/c1-15-3-8-20(29)22-18-11-23(2,10-9-19(18)26-28(15)22)12-21(30)16-4-6-17(7-5-16)27-13-24-25-14-27/h3-8,13-14,29H,9-12H2,1-2H3.